The van der Waals surface area contributed by atoms with E-state index in [2.05, 4.69) is 146 Å². The Labute approximate surface area is 246 Å². The highest BCUT2D eigenvalue weighted by Crippen LogP contribution is 2.40. The van der Waals surface area contributed by atoms with E-state index in [1.807, 2.05) is 24.3 Å². The molecular formula is C41H27N. The predicted octanol–water partition coefficient (Wildman–Crippen LogP) is 11.0. The molecule has 0 aromatic heterocycles. The summed E-state index contributed by atoms with van der Waals surface area (Å²) in [6.07, 6.45) is 0. The van der Waals surface area contributed by atoms with Gasteiger partial charge in [0.25, 0.3) is 0 Å². The Morgan fingerprint density at radius 3 is 1.43 bits per heavy atom. The lowest BCUT2D eigenvalue weighted by atomic mass is 9.88. The summed E-state index contributed by atoms with van der Waals surface area (Å²) in [5.74, 6) is 0. The zero-order valence-electron chi connectivity index (χ0n) is 23.0. The highest BCUT2D eigenvalue weighted by Gasteiger charge is 2.13. The van der Waals surface area contributed by atoms with E-state index in [1.54, 1.807) is 0 Å². The van der Waals surface area contributed by atoms with Gasteiger partial charge in [0, 0.05) is 0 Å². The van der Waals surface area contributed by atoms with E-state index >= 15 is 0 Å². The van der Waals surface area contributed by atoms with Crippen LogP contribution in [0.1, 0.15) is 5.56 Å². The molecule has 1 heteroatoms. The van der Waals surface area contributed by atoms with E-state index in [0.717, 1.165) is 11.1 Å². The van der Waals surface area contributed by atoms with Crippen molar-refractivity contribution in [3.05, 3.63) is 169 Å². The summed E-state index contributed by atoms with van der Waals surface area (Å²) in [7, 11) is 0. The van der Waals surface area contributed by atoms with Crippen molar-refractivity contribution in [1.29, 1.82) is 5.26 Å². The standard InChI is InChI=1S/C41H27N/c42-28-29-18-20-32(21-19-29)36-24-25-37(40-17-8-7-16-39(36)40)34-14-9-15-35(26-34)38-23-22-33(30-10-3-1-4-11-30)27-41(38)31-12-5-2-6-13-31/h1-27H. The first-order valence-corrected chi connectivity index (χ1v) is 14.2. The van der Waals surface area contributed by atoms with E-state index < -0.39 is 0 Å². The second-order valence-electron chi connectivity index (χ2n) is 10.5. The van der Waals surface area contributed by atoms with E-state index in [9.17, 15) is 5.26 Å². The minimum atomic E-state index is 0.670. The molecule has 0 unspecified atom stereocenters. The molecule has 7 rings (SSSR count). The van der Waals surface area contributed by atoms with Crippen LogP contribution in [-0.4, -0.2) is 0 Å². The van der Waals surface area contributed by atoms with Crippen LogP contribution in [-0.2, 0) is 0 Å². The summed E-state index contributed by atoms with van der Waals surface area (Å²) in [5.41, 5.74) is 12.6. The Morgan fingerprint density at radius 2 is 0.786 bits per heavy atom. The van der Waals surface area contributed by atoms with Gasteiger partial charge in [-0.15, -0.1) is 0 Å². The summed E-state index contributed by atoms with van der Waals surface area (Å²) in [6, 6.07) is 60.0. The van der Waals surface area contributed by atoms with Crippen LogP contribution in [0, 0.1) is 11.3 Å². The zero-order chi connectivity index (χ0) is 28.3. The van der Waals surface area contributed by atoms with Crippen molar-refractivity contribution >= 4 is 10.8 Å². The van der Waals surface area contributed by atoms with Gasteiger partial charge in [0.05, 0.1) is 11.6 Å². The first-order valence-electron chi connectivity index (χ1n) is 14.2. The molecule has 0 saturated heterocycles. The molecule has 1 nitrogen and oxygen atoms in total. The maximum Gasteiger partial charge on any atom is 0.0991 e. The zero-order valence-corrected chi connectivity index (χ0v) is 23.0. The van der Waals surface area contributed by atoms with Gasteiger partial charge in [0.1, 0.15) is 0 Å². The molecule has 7 aromatic carbocycles. The van der Waals surface area contributed by atoms with Crippen molar-refractivity contribution in [2.24, 2.45) is 0 Å². The van der Waals surface area contributed by atoms with Crippen LogP contribution in [0.15, 0.2) is 164 Å². The molecule has 0 heterocycles. The third-order valence-electron chi connectivity index (χ3n) is 7.95. The van der Waals surface area contributed by atoms with Gasteiger partial charge in [-0.3, -0.25) is 0 Å². The highest BCUT2D eigenvalue weighted by molar-refractivity contribution is 6.05. The number of hydrogen-bond donors (Lipinski definition) is 0. The largest absolute Gasteiger partial charge is 0.192 e. The second kappa shape index (κ2) is 11.0. The highest BCUT2D eigenvalue weighted by atomic mass is 14.2. The summed E-state index contributed by atoms with van der Waals surface area (Å²) in [5, 5.41) is 11.6. The summed E-state index contributed by atoms with van der Waals surface area (Å²) in [4.78, 5) is 0. The first-order chi connectivity index (χ1) is 20.8. The maximum absolute atomic E-state index is 9.24. The molecule has 0 aliphatic rings. The van der Waals surface area contributed by atoms with Crippen LogP contribution in [0.5, 0.6) is 0 Å². The molecule has 0 fully saturated rings. The van der Waals surface area contributed by atoms with Crippen LogP contribution < -0.4 is 0 Å². The molecule has 0 aliphatic heterocycles. The van der Waals surface area contributed by atoms with Gasteiger partial charge in [0.2, 0.25) is 0 Å². The fourth-order valence-corrected chi connectivity index (χ4v) is 5.84. The van der Waals surface area contributed by atoms with Crippen LogP contribution in [0.25, 0.3) is 66.4 Å². The smallest absolute Gasteiger partial charge is 0.0991 e. The Kier molecular flexibility index (Phi) is 6.65. The van der Waals surface area contributed by atoms with Crippen LogP contribution in [0.4, 0.5) is 0 Å². The molecule has 7 aromatic rings. The Hall–Kier alpha value is -5.71. The third-order valence-corrected chi connectivity index (χ3v) is 7.95. The Balaban J connectivity index is 1.36. The minimum Gasteiger partial charge on any atom is -0.192 e. The average molecular weight is 534 g/mol. The molecule has 42 heavy (non-hydrogen) atoms. The number of nitrogens with zero attached hydrogens (tertiary/aromatic N) is 1. The molecule has 0 bridgehead atoms. The van der Waals surface area contributed by atoms with Crippen molar-refractivity contribution in [2.75, 3.05) is 0 Å². The van der Waals surface area contributed by atoms with Crippen molar-refractivity contribution in [1.82, 2.24) is 0 Å². The quantitative estimate of drug-likeness (QED) is 0.216. The number of rotatable bonds is 5. The fourth-order valence-electron chi connectivity index (χ4n) is 5.84. The molecule has 0 amide bonds. The SMILES string of the molecule is N#Cc1ccc(-c2ccc(-c3cccc(-c4ccc(-c5ccccc5)cc4-c4ccccc4)c3)c3ccccc23)cc1. The van der Waals surface area contributed by atoms with E-state index in [0.29, 0.717) is 5.56 Å². The average Bonchev–Trinajstić information content (AvgIpc) is 3.08. The molecule has 0 spiro atoms. The van der Waals surface area contributed by atoms with Gasteiger partial charge >= 0.3 is 0 Å². The summed E-state index contributed by atoms with van der Waals surface area (Å²) in [6.45, 7) is 0. The fraction of sp³-hybridized carbons (Fsp3) is 0. The van der Waals surface area contributed by atoms with E-state index in [4.69, 9.17) is 0 Å². The Bertz CT molecular complexity index is 2070. The molecule has 196 valence electrons. The van der Waals surface area contributed by atoms with E-state index in [1.165, 1.54) is 55.3 Å². The number of fused-ring (bicyclic) bond motifs is 1. The van der Waals surface area contributed by atoms with Crippen LogP contribution in [0.3, 0.4) is 0 Å². The predicted molar refractivity (Wildman–Crippen MR) is 176 cm³/mol. The molecule has 0 atom stereocenters. The van der Waals surface area contributed by atoms with Crippen molar-refractivity contribution in [3.63, 3.8) is 0 Å². The molecule has 0 aliphatic carbocycles. The van der Waals surface area contributed by atoms with E-state index in [-0.39, 0.29) is 0 Å². The lowest BCUT2D eigenvalue weighted by molar-refractivity contribution is 1.48. The van der Waals surface area contributed by atoms with Crippen molar-refractivity contribution in [3.8, 4) is 61.7 Å². The van der Waals surface area contributed by atoms with Crippen LogP contribution in [0.2, 0.25) is 0 Å². The van der Waals surface area contributed by atoms with Crippen LogP contribution >= 0.6 is 0 Å². The van der Waals surface area contributed by atoms with Crippen molar-refractivity contribution in [2.45, 2.75) is 0 Å². The lowest BCUT2D eigenvalue weighted by Crippen LogP contribution is -1.90. The van der Waals surface area contributed by atoms with Gasteiger partial charge in [-0.1, -0.05) is 140 Å². The lowest BCUT2D eigenvalue weighted by Gasteiger charge is -2.16. The molecule has 0 N–H and O–H groups in total. The summed E-state index contributed by atoms with van der Waals surface area (Å²) >= 11 is 0. The van der Waals surface area contributed by atoms with Gasteiger partial charge in [-0.25, -0.2) is 0 Å². The van der Waals surface area contributed by atoms with Gasteiger partial charge < -0.3 is 0 Å². The first kappa shape index (κ1) is 25.3. The monoisotopic (exact) mass is 533 g/mol. The number of hydrogen-bond acceptors (Lipinski definition) is 1. The maximum atomic E-state index is 9.24. The van der Waals surface area contributed by atoms with Gasteiger partial charge in [-0.2, -0.15) is 5.26 Å². The van der Waals surface area contributed by atoms with Gasteiger partial charge in [0.15, 0.2) is 0 Å². The third kappa shape index (κ3) is 4.77. The molecule has 0 radical (unpaired) electrons. The number of benzene rings is 7. The summed E-state index contributed by atoms with van der Waals surface area (Å²) < 4.78 is 0. The Morgan fingerprint density at radius 1 is 0.310 bits per heavy atom. The normalized spacial score (nSPS) is 10.8. The van der Waals surface area contributed by atoms with Gasteiger partial charge in [-0.05, 0) is 90.7 Å². The minimum absolute atomic E-state index is 0.670. The second-order valence-corrected chi connectivity index (χ2v) is 10.5. The molecule has 0 saturated carbocycles. The number of nitriles is 1. The topological polar surface area (TPSA) is 23.8 Å². The molecular weight excluding hydrogens is 506 g/mol. The van der Waals surface area contributed by atoms with Crippen molar-refractivity contribution < 1.29 is 0 Å².